The predicted octanol–water partition coefficient (Wildman–Crippen LogP) is 8.04. The van der Waals surface area contributed by atoms with E-state index < -0.39 is 0 Å². The van der Waals surface area contributed by atoms with Gasteiger partial charge in [0.15, 0.2) is 0 Å². The van der Waals surface area contributed by atoms with Crippen LogP contribution in [-0.4, -0.2) is 0 Å². The van der Waals surface area contributed by atoms with Gasteiger partial charge >= 0.3 is 0 Å². The lowest BCUT2D eigenvalue weighted by atomic mass is 9.94. The van der Waals surface area contributed by atoms with Crippen molar-refractivity contribution in [1.82, 2.24) is 0 Å². The maximum Gasteiger partial charge on any atom is 0.0434 e. The molecule has 4 aromatic carbocycles. The number of thiophene rings is 1. The molecule has 5 aromatic rings. The lowest BCUT2D eigenvalue weighted by Gasteiger charge is -2.11. The Hall–Kier alpha value is -2.61. The van der Waals surface area contributed by atoms with Gasteiger partial charge in [-0.25, -0.2) is 0 Å². The summed E-state index contributed by atoms with van der Waals surface area (Å²) in [6.07, 6.45) is 0. The van der Waals surface area contributed by atoms with Crippen molar-refractivity contribution in [2.45, 2.75) is 0 Å². The number of rotatable bonds is 2. The van der Waals surface area contributed by atoms with E-state index >= 15 is 0 Å². The molecule has 0 atom stereocenters. The van der Waals surface area contributed by atoms with Crippen LogP contribution in [0, 0.1) is 0 Å². The number of fused-ring (bicyclic) bond motifs is 3. The average molecular weight is 371 g/mol. The lowest BCUT2D eigenvalue weighted by Crippen LogP contribution is -1.85. The summed E-state index contributed by atoms with van der Waals surface area (Å²) in [5, 5.41) is 3.29. The fraction of sp³-hybridized carbons (Fsp3) is 0. The van der Waals surface area contributed by atoms with Crippen LogP contribution in [0.2, 0.25) is 5.02 Å². The van der Waals surface area contributed by atoms with Crippen molar-refractivity contribution in [2.75, 3.05) is 0 Å². The first-order chi connectivity index (χ1) is 12.8. The summed E-state index contributed by atoms with van der Waals surface area (Å²) >= 11 is 8.08. The van der Waals surface area contributed by atoms with Gasteiger partial charge in [-0.3, -0.25) is 0 Å². The Kier molecular flexibility index (Phi) is 3.77. The van der Waals surface area contributed by atoms with Gasteiger partial charge in [-0.2, -0.15) is 0 Å². The molecule has 1 aromatic heterocycles. The van der Waals surface area contributed by atoms with Crippen LogP contribution in [0.5, 0.6) is 0 Å². The van der Waals surface area contributed by atoms with E-state index in [4.69, 9.17) is 11.6 Å². The SMILES string of the molecule is Clc1ccc2sc3c(-c4ccccc4-c4ccccc4)cccc3c2c1. The number of hydrogen-bond donors (Lipinski definition) is 0. The second-order valence-corrected chi connectivity index (χ2v) is 7.83. The summed E-state index contributed by atoms with van der Waals surface area (Å²) in [4.78, 5) is 0. The number of halogens is 1. The Balaban J connectivity index is 1.83. The van der Waals surface area contributed by atoms with Crippen molar-refractivity contribution in [3.63, 3.8) is 0 Å². The highest BCUT2D eigenvalue weighted by molar-refractivity contribution is 7.26. The Morgan fingerprint density at radius 1 is 0.577 bits per heavy atom. The van der Waals surface area contributed by atoms with E-state index in [0.29, 0.717) is 0 Å². The van der Waals surface area contributed by atoms with E-state index in [-0.39, 0.29) is 0 Å². The smallest absolute Gasteiger partial charge is 0.0434 e. The minimum absolute atomic E-state index is 0.785. The molecular formula is C24H15ClS. The predicted molar refractivity (Wildman–Crippen MR) is 115 cm³/mol. The molecule has 1 heterocycles. The van der Waals surface area contributed by atoms with Crippen LogP contribution >= 0.6 is 22.9 Å². The zero-order valence-electron chi connectivity index (χ0n) is 13.9. The van der Waals surface area contributed by atoms with Crippen molar-refractivity contribution in [3.05, 3.63) is 96.0 Å². The van der Waals surface area contributed by atoms with Crippen molar-refractivity contribution < 1.29 is 0 Å². The van der Waals surface area contributed by atoms with Crippen molar-refractivity contribution in [3.8, 4) is 22.3 Å². The standard InChI is InChI=1S/C24H15ClS/c25-17-13-14-23-22(15-17)21-12-6-11-20(24(21)26-23)19-10-5-4-9-18(19)16-7-2-1-3-8-16/h1-15H. The first-order valence-electron chi connectivity index (χ1n) is 8.57. The quantitative estimate of drug-likeness (QED) is 0.295. The van der Waals surface area contributed by atoms with E-state index in [0.717, 1.165) is 5.02 Å². The lowest BCUT2D eigenvalue weighted by molar-refractivity contribution is 1.60. The Morgan fingerprint density at radius 3 is 2.15 bits per heavy atom. The maximum absolute atomic E-state index is 6.24. The second kappa shape index (κ2) is 6.28. The van der Waals surface area contributed by atoms with E-state index in [1.807, 2.05) is 17.4 Å². The first-order valence-corrected chi connectivity index (χ1v) is 9.76. The maximum atomic E-state index is 6.24. The van der Waals surface area contributed by atoms with Gasteiger partial charge in [0, 0.05) is 30.8 Å². The van der Waals surface area contributed by atoms with Crippen LogP contribution in [0.3, 0.4) is 0 Å². The molecule has 5 rings (SSSR count). The van der Waals surface area contributed by atoms with E-state index in [2.05, 4.69) is 84.9 Å². The zero-order valence-corrected chi connectivity index (χ0v) is 15.5. The number of hydrogen-bond acceptors (Lipinski definition) is 1. The third kappa shape index (κ3) is 2.52. The topological polar surface area (TPSA) is 0 Å². The third-order valence-corrected chi connectivity index (χ3v) is 6.22. The summed E-state index contributed by atoms with van der Waals surface area (Å²) in [5.41, 5.74) is 5.04. The van der Waals surface area contributed by atoms with Gasteiger partial charge in [0.2, 0.25) is 0 Å². The van der Waals surface area contributed by atoms with Gasteiger partial charge in [0.25, 0.3) is 0 Å². The zero-order chi connectivity index (χ0) is 17.5. The Bertz CT molecular complexity index is 1240. The third-order valence-electron chi connectivity index (χ3n) is 4.76. The van der Waals surface area contributed by atoms with Gasteiger partial charge in [0.05, 0.1) is 0 Å². The van der Waals surface area contributed by atoms with E-state index in [9.17, 15) is 0 Å². The van der Waals surface area contributed by atoms with Crippen LogP contribution in [0.15, 0.2) is 91.0 Å². The summed E-state index contributed by atoms with van der Waals surface area (Å²) in [6, 6.07) is 31.9. The van der Waals surface area contributed by atoms with Gasteiger partial charge in [-0.05, 0) is 34.9 Å². The summed E-state index contributed by atoms with van der Waals surface area (Å²) < 4.78 is 2.59. The molecule has 0 spiro atoms. The van der Waals surface area contributed by atoms with E-state index in [1.54, 1.807) is 0 Å². The molecule has 0 saturated heterocycles. The summed E-state index contributed by atoms with van der Waals surface area (Å²) in [7, 11) is 0. The Labute approximate surface area is 161 Å². The fourth-order valence-electron chi connectivity index (χ4n) is 3.57. The second-order valence-electron chi connectivity index (χ2n) is 6.34. The molecular weight excluding hydrogens is 356 g/mol. The largest absolute Gasteiger partial charge is 0.135 e. The van der Waals surface area contributed by atoms with Crippen molar-refractivity contribution in [2.24, 2.45) is 0 Å². The molecule has 0 unspecified atom stereocenters. The molecule has 0 amide bonds. The molecule has 0 bridgehead atoms. The molecule has 0 fully saturated rings. The molecule has 0 N–H and O–H groups in total. The van der Waals surface area contributed by atoms with Crippen LogP contribution in [0.1, 0.15) is 0 Å². The molecule has 124 valence electrons. The van der Waals surface area contributed by atoms with Gasteiger partial charge < -0.3 is 0 Å². The summed E-state index contributed by atoms with van der Waals surface area (Å²) in [5.74, 6) is 0. The Morgan fingerprint density at radius 2 is 1.31 bits per heavy atom. The van der Waals surface area contributed by atoms with Crippen molar-refractivity contribution >= 4 is 43.1 Å². The molecule has 26 heavy (non-hydrogen) atoms. The molecule has 2 heteroatoms. The molecule has 0 aliphatic heterocycles. The minimum atomic E-state index is 0.785. The molecule has 0 aliphatic rings. The molecule has 0 aliphatic carbocycles. The van der Waals surface area contributed by atoms with Crippen molar-refractivity contribution in [1.29, 1.82) is 0 Å². The highest BCUT2D eigenvalue weighted by Crippen LogP contribution is 2.43. The minimum Gasteiger partial charge on any atom is -0.135 e. The monoisotopic (exact) mass is 370 g/mol. The van der Waals surface area contributed by atoms with E-state index in [1.165, 1.54) is 42.4 Å². The molecule has 0 nitrogen and oxygen atoms in total. The van der Waals surface area contributed by atoms with Crippen LogP contribution in [0.25, 0.3) is 42.4 Å². The van der Waals surface area contributed by atoms with Crippen LogP contribution in [-0.2, 0) is 0 Å². The highest BCUT2D eigenvalue weighted by atomic mass is 35.5. The van der Waals surface area contributed by atoms with Crippen LogP contribution < -0.4 is 0 Å². The normalized spacial score (nSPS) is 11.3. The number of benzene rings is 4. The van der Waals surface area contributed by atoms with Gasteiger partial charge in [0.1, 0.15) is 0 Å². The van der Waals surface area contributed by atoms with Gasteiger partial charge in [-0.1, -0.05) is 84.4 Å². The first kappa shape index (κ1) is 15.6. The highest BCUT2D eigenvalue weighted by Gasteiger charge is 2.13. The summed E-state index contributed by atoms with van der Waals surface area (Å²) in [6.45, 7) is 0. The molecule has 0 saturated carbocycles. The van der Waals surface area contributed by atoms with Gasteiger partial charge in [-0.15, -0.1) is 11.3 Å². The average Bonchev–Trinajstić information content (AvgIpc) is 3.07. The molecule has 0 radical (unpaired) electrons. The fourth-order valence-corrected chi connectivity index (χ4v) is 4.95. The van der Waals surface area contributed by atoms with Crippen LogP contribution in [0.4, 0.5) is 0 Å².